The van der Waals surface area contributed by atoms with Gasteiger partial charge in [0, 0.05) is 31.5 Å². The van der Waals surface area contributed by atoms with Gasteiger partial charge >= 0.3 is 6.09 Å². The van der Waals surface area contributed by atoms with E-state index in [1.54, 1.807) is 0 Å². The summed E-state index contributed by atoms with van der Waals surface area (Å²) in [6, 6.07) is -0.0379. The van der Waals surface area contributed by atoms with Crippen LogP contribution in [0.5, 0.6) is 0 Å². The quantitative estimate of drug-likeness (QED) is 0.544. The number of imidazole rings is 1. The van der Waals surface area contributed by atoms with Gasteiger partial charge in [0.15, 0.2) is 0 Å². The molecule has 1 aromatic rings. The van der Waals surface area contributed by atoms with Crippen LogP contribution in [0, 0.1) is 5.92 Å². The molecule has 6 nitrogen and oxygen atoms in total. The number of methoxy groups -OCH3 is 1. The van der Waals surface area contributed by atoms with E-state index < -0.39 is 6.09 Å². The Labute approximate surface area is 194 Å². The predicted molar refractivity (Wildman–Crippen MR) is 128 cm³/mol. The number of halogens is 1. The Kier molecular flexibility index (Phi) is 6.60. The van der Waals surface area contributed by atoms with E-state index in [0.717, 1.165) is 36.6 Å². The number of ether oxygens (including phenoxy) is 1. The van der Waals surface area contributed by atoms with Crippen LogP contribution in [0.2, 0.25) is 0 Å². The Hall–Kier alpha value is -1.32. The Morgan fingerprint density at radius 3 is 2.87 bits per heavy atom. The lowest BCUT2D eigenvalue weighted by molar-refractivity contribution is 0.161. The van der Waals surface area contributed by atoms with E-state index in [4.69, 9.17) is 9.72 Å². The molecule has 4 rings (SSSR count). The van der Waals surface area contributed by atoms with E-state index in [9.17, 15) is 4.79 Å². The average Bonchev–Trinajstić information content (AvgIpc) is 3.46. The van der Waals surface area contributed by atoms with Gasteiger partial charge in [0.25, 0.3) is 0 Å². The minimum Gasteiger partial charge on any atom is -0.453 e. The fourth-order valence-corrected chi connectivity index (χ4v) is 7.88. The summed E-state index contributed by atoms with van der Waals surface area (Å²) in [6.45, 7) is 9.39. The number of hydrogen-bond donors (Lipinski definition) is 2. The number of nitrogens with zero attached hydrogens (tertiary/aromatic N) is 2. The summed E-state index contributed by atoms with van der Waals surface area (Å²) in [7, 11) is 1.38. The zero-order chi connectivity index (χ0) is 21.4. The zero-order valence-electron chi connectivity index (χ0n) is 17.4. The fourth-order valence-electron chi connectivity index (χ4n) is 4.20. The molecular formula is C21H27BrN4O2S2. The van der Waals surface area contributed by atoms with E-state index in [2.05, 4.69) is 63.7 Å². The third-order valence-corrected chi connectivity index (χ3v) is 9.10. The molecule has 1 aromatic heterocycles. The molecule has 162 valence electrons. The molecule has 0 bridgehead atoms. The lowest BCUT2D eigenvalue weighted by Crippen LogP contribution is -2.44. The number of likely N-dealkylation sites (tertiary alicyclic amines) is 1. The lowest BCUT2D eigenvalue weighted by Gasteiger charge is -2.34. The third-order valence-electron chi connectivity index (χ3n) is 5.73. The van der Waals surface area contributed by atoms with Crippen molar-refractivity contribution in [2.24, 2.45) is 5.92 Å². The maximum absolute atomic E-state index is 11.8. The standard InChI is InChI=1S/C21H27BrN4O2S2/c1-11(2)19(25-21(27)28-4)12(3)26-7-5-6-14(26)20-23-10-13(24-20)15-8-16-17(29-15)9-18(22)30-16/h8-11,14,16-17,19H,3,5-7H2,1-2,4H3,(H,23,24)(H,25,27)/t14-,16?,17?,19-/m0/s1. The molecule has 9 heteroatoms. The van der Waals surface area contributed by atoms with Crippen molar-refractivity contribution < 1.29 is 9.53 Å². The molecule has 4 atom stereocenters. The summed E-state index contributed by atoms with van der Waals surface area (Å²) in [6.07, 6.45) is 8.22. The lowest BCUT2D eigenvalue weighted by atomic mass is 10.00. The van der Waals surface area contributed by atoms with Crippen molar-refractivity contribution in [2.45, 2.75) is 49.3 Å². The van der Waals surface area contributed by atoms with Crippen LogP contribution in [0.3, 0.4) is 0 Å². The van der Waals surface area contributed by atoms with E-state index in [1.807, 2.05) is 29.7 Å². The minimum atomic E-state index is -0.430. The number of nitrogens with one attached hydrogen (secondary N) is 2. The van der Waals surface area contributed by atoms with Crippen LogP contribution in [0.25, 0.3) is 4.91 Å². The van der Waals surface area contributed by atoms with Crippen molar-refractivity contribution in [3.8, 4) is 0 Å². The zero-order valence-corrected chi connectivity index (χ0v) is 20.6. The van der Waals surface area contributed by atoms with Gasteiger partial charge in [0.2, 0.25) is 0 Å². The van der Waals surface area contributed by atoms with E-state index in [-0.39, 0.29) is 18.0 Å². The van der Waals surface area contributed by atoms with Crippen molar-refractivity contribution in [1.29, 1.82) is 0 Å². The number of alkyl carbamates (subject to hydrolysis) is 1. The SMILES string of the molecule is C=C([C@@H](NC(=O)OC)C(C)C)N1CCC[C@H]1c1ncc(C2=CC3SC(Br)=CC3S2)[nH]1. The summed E-state index contributed by atoms with van der Waals surface area (Å²) in [5, 5.41) is 3.92. The van der Waals surface area contributed by atoms with E-state index in [1.165, 1.54) is 15.8 Å². The molecule has 4 heterocycles. The van der Waals surface area contributed by atoms with Crippen molar-refractivity contribution >= 4 is 50.5 Å². The first-order valence-corrected chi connectivity index (χ1v) is 12.7. The maximum atomic E-state index is 11.8. The monoisotopic (exact) mass is 510 g/mol. The number of thioether (sulfide) groups is 2. The van der Waals surface area contributed by atoms with Crippen LogP contribution in [0.1, 0.15) is 44.2 Å². The average molecular weight is 512 g/mol. The highest BCUT2D eigenvalue weighted by Crippen LogP contribution is 2.51. The fraction of sp³-hybridized carbons (Fsp3) is 0.524. The highest BCUT2D eigenvalue weighted by Gasteiger charge is 2.36. The second-order valence-electron chi connectivity index (χ2n) is 8.05. The van der Waals surface area contributed by atoms with Crippen LogP contribution >= 0.6 is 39.5 Å². The smallest absolute Gasteiger partial charge is 0.407 e. The van der Waals surface area contributed by atoms with Gasteiger partial charge in [0.05, 0.1) is 31.1 Å². The van der Waals surface area contributed by atoms with Gasteiger partial charge in [-0.2, -0.15) is 0 Å². The summed E-state index contributed by atoms with van der Waals surface area (Å²) in [5.41, 5.74) is 1.99. The van der Waals surface area contributed by atoms with Gasteiger partial charge in [-0.1, -0.05) is 26.5 Å². The van der Waals surface area contributed by atoms with Gasteiger partial charge < -0.3 is 19.9 Å². The number of fused-ring (bicyclic) bond motifs is 1. The number of amides is 1. The second-order valence-corrected chi connectivity index (χ2v) is 11.9. The van der Waals surface area contributed by atoms with Crippen molar-refractivity contribution in [3.63, 3.8) is 0 Å². The molecular weight excluding hydrogens is 484 g/mol. The molecule has 1 fully saturated rings. The predicted octanol–water partition coefficient (Wildman–Crippen LogP) is 5.25. The Balaban J connectivity index is 1.48. The van der Waals surface area contributed by atoms with Gasteiger partial charge in [-0.15, -0.1) is 23.5 Å². The molecule has 0 spiro atoms. The number of aromatic amines is 1. The van der Waals surface area contributed by atoms with Crippen molar-refractivity contribution in [1.82, 2.24) is 20.2 Å². The molecule has 0 radical (unpaired) electrons. The highest BCUT2D eigenvalue weighted by atomic mass is 79.9. The molecule has 1 amide bonds. The summed E-state index contributed by atoms with van der Waals surface area (Å²) >= 11 is 7.35. The van der Waals surface area contributed by atoms with Crippen LogP contribution in [-0.4, -0.2) is 51.2 Å². The number of H-pyrrole nitrogens is 1. The molecule has 3 aliphatic heterocycles. The summed E-state index contributed by atoms with van der Waals surface area (Å²) in [4.78, 5) is 23.7. The van der Waals surface area contributed by atoms with E-state index in [0.29, 0.717) is 10.5 Å². The van der Waals surface area contributed by atoms with Gasteiger partial charge in [-0.25, -0.2) is 9.78 Å². The molecule has 3 aliphatic rings. The first-order valence-electron chi connectivity index (χ1n) is 10.1. The summed E-state index contributed by atoms with van der Waals surface area (Å²) < 4.78 is 6.04. The topological polar surface area (TPSA) is 70.2 Å². The second kappa shape index (κ2) is 9.04. The summed E-state index contributed by atoms with van der Waals surface area (Å²) in [5.74, 6) is 1.17. The highest BCUT2D eigenvalue weighted by molar-refractivity contribution is 9.14. The Morgan fingerprint density at radius 2 is 2.17 bits per heavy atom. The van der Waals surface area contributed by atoms with Gasteiger partial charge in [-0.05, 0) is 40.8 Å². The minimum absolute atomic E-state index is 0.141. The number of carbonyl (C=O) groups is 1. The number of carbonyl (C=O) groups excluding carboxylic acids is 1. The molecule has 2 unspecified atom stereocenters. The maximum Gasteiger partial charge on any atom is 0.407 e. The third kappa shape index (κ3) is 4.34. The normalized spacial score (nSPS) is 26.4. The first-order chi connectivity index (χ1) is 14.4. The Morgan fingerprint density at radius 1 is 1.40 bits per heavy atom. The number of rotatable bonds is 6. The van der Waals surface area contributed by atoms with Crippen molar-refractivity contribution in [2.75, 3.05) is 13.7 Å². The van der Waals surface area contributed by atoms with Crippen molar-refractivity contribution in [3.05, 3.63) is 46.0 Å². The molecule has 0 saturated carbocycles. The van der Waals surface area contributed by atoms with Crippen LogP contribution in [0.15, 0.2) is 34.4 Å². The number of hydrogen-bond acceptors (Lipinski definition) is 6. The van der Waals surface area contributed by atoms with E-state index >= 15 is 0 Å². The molecule has 0 aromatic carbocycles. The largest absolute Gasteiger partial charge is 0.453 e. The van der Waals surface area contributed by atoms with Crippen LogP contribution < -0.4 is 5.32 Å². The molecule has 2 N–H and O–H groups in total. The van der Waals surface area contributed by atoms with Gasteiger partial charge in [0.1, 0.15) is 5.82 Å². The molecule has 30 heavy (non-hydrogen) atoms. The van der Waals surface area contributed by atoms with Gasteiger partial charge in [-0.3, -0.25) is 0 Å². The molecule has 1 saturated heterocycles. The Bertz CT molecular complexity index is 897. The first kappa shape index (κ1) is 21.9. The number of aromatic nitrogens is 2. The van der Waals surface area contributed by atoms with Crippen LogP contribution in [0.4, 0.5) is 4.79 Å². The van der Waals surface area contributed by atoms with Crippen LogP contribution in [-0.2, 0) is 4.74 Å². The molecule has 0 aliphatic carbocycles.